The average molecular weight is 581 g/mol. The number of piperidine rings is 1. The lowest BCUT2D eigenvalue weighted by molar-refractivity contribution is -0.122. The lowest BCUT2D eigenvalue weighted by Gasteiger charge is -2.34. The lowest BCUT2D eigenvalue weighted by atomic mass is 9.85. The van der Waals surface area contributed by atoms with Crippen molar-refractivity contribution < 1.29 is 13.6 Å². The molecule has 1 unspecified atom stereocenters. The fourth-order valence-corrected chi connectivity index (χ4v) is 6.13. The van der Waals surface area contributed by atoms with Crippen molar-refractivity contribution in [1.82, 2.24) is 19.5 Å². The molecule has 2 aromatic heterocycles. The van der Waals surface area contributed by atoms with Crippen molar-refractivity contribution in [2.75, 3.05) is 28.6 Å². The van der Waals surface area contributed by atoms with Gasteiger partial charge in [0.05, 0.1) is 6.20 Å². The number of amides is 1. The van der Waals surface area contributed by atoms with E-state index in [1.54, 1.807) is 6.20 Å². The number of benzene rings is 2. The zero-order chi connectivity index (χ0) is 28.5. The zero-order valence-electron chi connectivity index (χ0n) is 22.4. The Balaban J connectivity index is 1.31. The molecule has 9 nitrogen and oxygen atoms in total. The zero-order valence-corrected chi connectivity index (χ0v) is 23.1. The molecule has 12 heteroatoms. The molecule has 0 bridgehead atoms. The number of imidazole rings is 1. The van der Waals surface area contributed by atoms with Crippen LogP contribution >= 0.6 is 11.6 Å². The first-order valence-corrected chi connectivity index (χ1v) is 14.3. The van der Waals surface area contributed by atoms with Gasteiger partial charge in [-0.2, -0.15) is 4.98 Å². The summed E-state index contributed by atoms with van der Waals surface area (Å²) in [5, 5.41) is 6.28. The van der Waals surface area contributed by atoms with Crippen molar-refractivity contribution in [3.63, 3.8) is 0 Å². The van der Waals surface area contributed by atoms with Crippen LogP contribution < -0.4 is 21.3 Å². The summed E-state index contributed by atoms with van der Waals surface area (Å²) in [4.78, 5) is 28.1. The predicted molar refractivity (Wildman–Crippen MR) is 155 cm³/mol. The third-order valence-electron chi connectivity index (χ3n) is 8.02. The van der Waals surface area contributed by atoms with Gasteiger partial charge in [0.25, 0.3) is 0 Å². The summed E-state index contributed by atoms with van der Waals surface area (Å²) >= 11 is 5.83. The molecule has 1 aliphatic heterocycles. The first kappa shape index (κ1) is 27.2. The minimum Gasteiger partial charge on any atom is -0.369 e. The molecular formula is C29H31ClF2N8O. The predicted octanol–water partition coefficient (Wildman–Crippen LogP) is 5.80. The summed E-state index contributed by atoms with van der Waals surface area (Å²) < 4.78 is 31.3. The maximum atomic E-state index is 14.7. The summed E-state index contributed by atoms with van der Waals surface area (Å²) in [6, 6.07) is 12.4. The number of para-hydroxylation sites is 1. The second-order valence-corrected chi connectivity index (χ2v) is 11.2. The summed E-state index contributed by atoms with van der Waals surface area (Å²) in [5.74, 6) is -1.48. The van der Waals surface area contributed by atoms with E-state index < -0.39 is 11.6 Å². The SMILES string of the molecule is NC(=O)C1CCC(n2c(Nc3c(F)cc(Cl)cc3F)nc3cnc(NC4CCCN(c5ccccc5)C4)nc32)CC1. The minimum atomic E-state index is -0.834. The number of rotatable bonds is 7. The summed E-state index contributed by atoms with van der Waals surface area (Å²) in [6.07, 6.45) is 6.12. The molecular weight excluding hydrogens is 550 g/mol. The second kappa shape index (κ2) is 11.5. The molecule has 41 heavy (non-hydrogen) atoms. The molecule has 214 valence electrons. The third kappa shape index (κ3) is 5.76. The maximum Gasteiger partial charge on any atom is 0.225 e. The van der Waals surface area contributed by atoms with Gasteiger partial charge in [0, 0.05) is 41.8 Å². The highest BCUT2D eigenvalue weighted by molar-refractivity contribution is 6.30. The molecule has 0 radical (unpaired) electrons. The Morgan fingerprint density at radius 2 is 1.76 bits per heavy atom. The number of nitrogens with two attached hydrogens (primary N) is 1. The van der Waals surface area contributed by atoms with Gasteiger partial charge in [-0.15, -0.1) is 0 Å². The van der Waals surface area contributed by atoms with Crippen LogP contribution in [0.15, 0.2) is 48.7 Å². The monoisotopic (exact) mass is 580 g/mol. The number of nitrogens with one attached hydrogen (secondary N) is 2. The van der Waals surface area contributed by atoms with E-state index in [9.17, 15) is 13.6 Å². The van der Waals surface area contributed by atoms with Crippen LogP contribution in [0, 0.1) is 17.6 Å². The van der Waals surface area contributed by atoms with E-state index in [1.807, 2.05) is 22.8 Å². The highest BCUT2D eigenvalue weighted by atomic mass is 35.5. The van der Waals surface area contributed by atoms with Crippen molar-refractivity contribution in [2.24, 2.45) is 11.7 Å². The minimum absolute atomic E-state index is 0.0426. The molecule has 1 aliphatic carbocycles. The molecule has 2 aliphatic rings. The van der Waals surface area contributed by atoms with Crippen molar-refractivity contribution in [2.45, 2.75) is 50.6 Å². The lowest BCUT2D eigenvalue weighted by Crippen LogP contribution is -2.42. The van der Waals surface area contributed by atoms with Crippen LogP contribution in [0.25, 0.3) is 11.2 Å². The summed E-state index contributed by atoms with van der Waals surface area (Å²) in [5.41, 5.74) is 7.41. The van der Waals surface area contributed by atoms with Gasteiger partial charge in [0.1, 0.15) is 11.2 Å². The van der Waals surface area contributed by atoms with Crippen LogP contribution in [-0.4, -0.2) is 44.6 Å². The van der Waals surface area contributed by atoms with Crippen molar-refractivity contribution in [3.8, 4) is 0 Å². The number of carbonyl (C=O) groups excluding carboxylic acids is 1. The van der Waals surface area contributed by atoms with Gasteiger partial charge in [0.2, 0.25) is 17.8 Å². The topological polar surface area (TPSA) is 114 Å². The number of carbonyl (C=O) groups is 1. The van der Waals surface area contributed by atoms with E-state index in [4.69, 9.17) is 22.3 Å². The van der Waals surface area contributed by atoms with Gasteiger partial charge < -0.3 is 21.3 Å². The quantitative estimate of drug-likeness (QED) is 0.253. The Labute approximate surface area is 241 Å². The summed E-state index contributed by atoms with van der Waals surface area (Å²) in [7, 11) is 0. The van der Waals surface area contributed by atoms with Crippen LogP contribution in [0.5, 0.6) is 0 Å². The van der Waals surface area contributed by atoms with Gasteiger partial charge in [-0.1, -0.05) is 29.8 Å². The molecule has 2 aromatic carbocycles. The number of hydrogen-bond acceptors (Lipinski definition) is 7. The van der Waals surface area contributed by atoms with Gasteiger partial charge in [-0.05, 0) is 62.8 Å². The Morgan fingerprint density at radius 1 is 1.02 bits per heavy atom. The van der Waals surface area contributed by atoms with Gasteiger partial charge in [-0.3, -0.25) is 9.36 Å². The fraction of sp³-hybridized carbons (Fsp3) is 0.379. The third-order valence-corrected chi connectivity index (χ3v) is 8.23. The van der Waals surface area contributed by atoms with Crippen LogP contribution in [-0.2, 0) is 4.79 Å². The van der Waals surface area contributed by atoms with Crippen molar-refractivity contribution >= 4 is 51.9 Å². The van der Waals surface area contributed by atoms with Crippen LogP contribution in [0.4, 0.5) is 32.1 Å². The molecule has 6 rings (SSSR count). The van der Waals surface area contributed by atoms with Crippen molar-refractivity contribution in [1.29, 1.82) is 0 Å². The number of aromatic nitrogens is 4. The number of nitrogens with zero attached hydrogens (tertiary/aromatic N) is 5. The number of fused-ring (bicyclic) bond motifs is 1. The Hall–Kier alpha value is -3.99. The normalized spacial score (nSPS) is 21.1. The van der Waals surface area contributed by atoms with Crippen molar-refractivity contribution in [3.05, 3.63) is 65.3 Å². The largest absolute Gasteiger partial charge is 0.369 e. The van der Waals surface area contributed by atoms with Crippen LogP contribution in [0.1, 0.15) is 44.6 Å². The van der Waals surface area contributed by atoms with Gasteiger partial charge >= 0.3 is 0 Å². The van der Waals surface area contributed by atoms with Gasteiger partial charge in [-0.25, -0.2) is 18.7 Å². The van der Waals surface area contributed by atoms with E-state index in [0.717, 1.165) is 38.1 Å². The number of hydrogen-bond donors (Lipinski definition) is 3. The maximum absolute atomic E-state index is 14.7. The molecule has 1 atom stereocenters. The van der Waals surface area contributed by atoms with Gasteiger partial charge in [0.15, 0.2) is 17.3 Å². The first-order valence-electron chi connectivity index (χ1n) is 13.9. The van der Waals surface area contributed by atoms with E-state index in [1.165, 1.54) is 5.69 Å². The molecule has 1 saturated carbocycles. The Kier molecular flexibility index (Phi) is 7.61. The first-order chi connectivity index (χ1) is 19.9. The van der Waals surface area contributed by atoms with E-state index >= 15 is 0 Å². The Morgan fingerprint density at radius 3 is 2.46 bits per heavy atom. The van der Waals surface area contributed by atoms with E-state index in [2.05, 4.69) is 37.6 Å². The van der Waals surface area contributed by atoms with Crippen LogP contribution in [0.3, 0.4) is 0 Å². The molecule has 4 aromatic rings. The average Bonchev–Trinajstić information content (AvgIpc) is 3.33. The molecule has 0 spiro atoms. The number of anilines is 4. The fourth-order valence-electron chi connectivity index (χ4n) is 5.94. The van der Waals surface area contributed by atoms with Crippen LogP contribution in [0.2, 0.25) is 5.02 Å². The molecule has 2 fully saturated rings. The molecule has 4 N–H and O–H groups in total. The molecule has 3 heterocycles. The number of halogens is 3. The van der Waals surface area contributed by atoms with E-state index in [0.29, 0.717) is 42.8 Å². The molecule has 1 amide bonds. The smallest absolute Gasteiger partial charge is 0.225 e. The highest BCUT2D eigenvalue weighted by Gasteiger charge is 2.30. The highest BCUT2D eigenvalue weighted by Crippen LogP contribution is 2.38. The Bertz CT molecular complexity index is 1530. The second-order valence-electron chi connectivity index (χ2n) is 10.8. The number of primary amides is 1. The standard InChI is InChI=1S/C29H31ClF2N8O/c30-18-13-22(31)25(23(32)14-18)37-29-36-24-15-34-28(35-19-5-4-12-39(16-19)20-6-2-1-3-7-20)38-27(24)40(29)21-10-8-17(9-11-21)26(33)41/h1-3,6-7,13-15,17,19,21H,4-5,8-12,16H2,(H2,33,41)(H,36,37)(H,34,35,38). The molecule has 1 saturated heterocycles. The summed E-state index contributed by atoms with van der Waals surface area (Å²) in [6.45, 7) is 1.79. The van der Waals surface area contributed by atoms with E-state index in [-0.39, 0.29) is 40.6 Å².